The number of esters is 2. The number of methoxy groups -OCH3 is 2. The van der Waals surface area contributed by atoms with Crippen LogP contribution in [0.5, 0.6) is 0 Å². The molecule has 0 fully saturated rings. The number of carbonyl (C=O) groups is 2. The van der Waals surface area contributed by atoms with Crippen molar-refractivity contribution in [1.29, 1.82) is 0 Å². The fraction of sp³-hybridized carbons (Fsp3) is 0.250. The van der Waals surface area contributed by atoms with E-state index in [-0.39, 0.29) is 11.1 Å². The van der Waals surface area contributed by atoms with Gasteiger partial charge in [-0.15, -0.1) is 0 Å². The molecule has 0 saturated carbocycles. The Morgan fingerprint density at radius 1 is 0.909 bits per heavy atom. The lowest BCUT2D eigenvalue weighted by molar-refractivity contribution is 0.0599. The molecule has 0 spiro atoms. The van der Waals surface area contributed by atoms with E-state index < -0.39 is 11.9 Å². The summed E-state index contributed by atoms with van der Waals surface area (Å²) in [5, 5.41) is 0. The van der Waals surface area contributed by atoms with Gasteiger partial charge in [-0.2, -0.15) is 0 Å². The Hall–Kier alpha value is -2.76. The Balaban J connectivity index is 2.90. The maximum absolute atomic E-state index is 12.2. The smallest absolute Gasteiger partial charge is 0.340 e. The normalized spacial score (nSPS) is 10.2. The zero-order chi connectivity index (χ0) is 16.3. The number of aromatic nitrogens is 2. The molecule has 0 aromatic carbocycles. The number of hydrogen-bond acceptors (Lipinski definition) is 6. The van der Waals surface area contributed by atoms with Gasteiger partial charge in [-0.05, 0) is 31.5 Å². The molecule has 0 amide bonds. The molecule has 114 valence electrons. The van der Waals surface area contributed by atoms with Crippen LogP contribution in [0.1, 0.15) is 32.1 Å². The molecule has 0 unspecified atom stereocenters. The largest absolute Gasteiger partial charge is 0.465 e. The first-order valence-corrected chi connectivity index (χ1v) is 6.59. The second-order valence-corrected chi connectivity index (χ2v) is 4.63. The fourth-order valence-corrected chi connectivity index (χ4v) is 2.36. The van der Waals surface area contributed by atoms with Crippen LogP contribution in [0.4, 0.5) is 0 Å². The van der Waals surface area contributed by atoms with Gasteiger partial charge in [0, 0.05) is 18.0 Å². The van der Waals surface area contributed by atoms with E-state index in [4.69, 9.17) is 9.47 Å². The fourth-order valence-electron chi connectivity index (χ4n) is 2.36. The first-order chi connectivity index (χ1) is 10.5. The molecule has 2 rings (SSSR count). The number of hydrogen-bond donors (Lipinski definition) is 0. The topological polar surface area (TPSA) is 78.4 Å². The minimum atomic E-state index is -0.554. The number of ether oxygens (including phenoxy) is 2. The van der Waals surface area contributed by atoms with E-state index in [2.05, 4.69) is 9.97 Å². The van der Waals surface area contributed by atoms with Crippen molar-refractivity contribution in [1.82, 2.24) is 9.97 Å². The van der Waals surface area contributed by atoms with Crippen LogP contribution in [-0.2, 0) is 9.47 Å². The third-order valence-corrected chi connectivity index (χ3v) is 3.31. The van der Waals surface area contributed by atoms with E-state index >= 15 is 0 Å². The molecule has 0 aliphatic rings. The van der Waals surface area contributed by atoms with Crippen molar-refractivity contribution in [3.05, 3.63) is 47.0 Å². The number of nitrogens with zero attached hydrogens (tertiary/aromatic N) is 2. The molecule has 0 N–H and O–H groups in total. The Morgan fingerprint density at radius 3 is 1.77 bits per heavy atom. The Labute approximate surface area is 128 Å². The minimum Gasteiger partial charge on any atom is -0.465 e. The molecular weight excluding hydrogens is 284 g/mol. The average molecular weight is 300 g/mol. The van der Waals surface area contributed by atoms with Gasteiger partial charge in [-0.1, -0.05) is 0 Å². The second-order valence-electron chi connectivity index (χ2n) is 4.63. The van der Waals surface area contributed by atoms with Crippen LogP contribution in [0.2, 0.25) is 0 Å². The zero-order valence-electron chi connectivity index (χ0n) is 12.8. The number of carbonyl (C=O) groups excluding carboxylic acids is 2. The van der Waals surface area contributed by atoms with E-state index in [9.17, 15) is 9.59 Å². The van der Waals surface area contributed by atoms with E-state index in [0.29, 0.717) is 22.5 Å². The van der Waals surface area contributed by atoms with Crippen molar-refractivity contribution in [2.24, 2.45) is 0 Å². The minimum absolute atomic E-state index is 0.250. The van der Waals surface area contributed by atoms with Gasteiger partial charge in [0.2, 0.25) is 0 Å². The zero-order valence-corrected chi connectivity index (χ0v) is 12.8. The molecule has 6 heteroatoms. The van der Waals surface area contributed by atoms with E-state index in [1.54, 1.807) is 38.4 Å². The maximum atomic E-state index is 12.2. The first kappa shape index (κ1) is 15.6. The van der Waals surface area contributed by atoms with E-state index in [0.717, 1.165) is 0 Å². The van der Waals surface area contributed by atoms with Crippen LogP contribution in [-0.4, -0.2) is 36.1 Å². The van der Waals surface area contributed by atoms with Crippen LogP contribution in [0, 0.1) is 13.8 Å². The molecule has 2 aromatic rings. The Morgan fingerprint density at radius 2 is 1.36 bits per heavy atom. The van der Waals surface area contributed by atoms with E-state index in [1.807, 2.05) is 0 Å². The summed E-state index contributed by atoms with van der Waals surface area (Å²) in [6, 6.07) is 3.43. The molecule has 0 bridgehead atoms. The van der Waals surface area contributed by atoms with Crippen molar-refractivity contribution in [2.45, 2.75) is 13.8 Å². The summed E-state index contributed by atoms with van der Waals surface area (Å²) in [6.45, 7) is 3.40. The van der Waals surface area contributed by atoms with Gasteiger partial charge in [0.05, 0.1) is 36.7 Å². The molecule has 6 nitrogen and oxygen atoms in total. The summed E-state index contributed by atoms with van der Waals surface area (Å²) in [7, 11) is 2.57. The highest BCUT2D eigenvalue weighted by Crippen LogP contribution is 2.31. The van der Waals surface area contributed by atoms with Crippen molar-refractivity contribution in [3.8, 4) is 11.1 Å². The molecule has 0 radical (unpaired) electrons. The highest BCUT2D eigenvalue weighted by atomic mass is 16.5. The predicted molar refractivity (Wildman–Crippen MR) is 79.6 cm³/mol. The van der Waals surface area contributed by atoms with Gasteiger partial charge in [0.25, 0.3) is 0 Å². The summed E-state index contributed by atoms with van der Waals surface area (Å²) in [4.78, 5) is 32.6. The molecule has 0 aliphatic carbocycles. The van der Waals surface area contributed by atoms with Crippen LogP contribution < -0.4 is 0 Å². The standard InChI is InChI=1S/C16H16N2O4/c1-9-12(15(19)21-3)14(11-5-7-17-8-6-11)13(10(2)18-9)16(20)22-4/h5-8H,1-4H3. The first-order valence-electron chi connectivity index (χ1n) is 6.59. The summed E-state index contributed by atoms with van der Waals surface area (Å²) >= 11 is 0. The highest BCUT2D eigenvalue weighted by molar-refractivity contribution is 6.07. The molecule has 22 heavy (non-hydrogen) atoms. The second kappa shape index (κ2) is 6.34. The van der Waals surface area contributed by atoms with Crippen LogP contribution in [0.3, 0.4) is 0 Å². The molecule has 0 saturated heterocycles. The van der Waals surface area contributed by atoms with Gasteiger partial charge in [-0.3, -0.25) is 9.97 Å². The van der Waals surface area contributed by atoms with Crippen LogP contribution >= 0.6 is 0 Å². The van der Waals surface area contributed by atoms with Gasteiger partial charge < -0.3 is 9.47 Å². The molecule has 0 atom stereocenters. The van der Waals surface area contributed by atoms with E-state index in [1.165, 1.54) is 14.2 Å². The van der Waals surface area contributed by atoms with Gasteiger partial charge in [-0.25, -0.2) is 9.59 Å². The van der Waals surface area contributed by atoms with Crippen molar-refractivity contribution >= 4 is 11.9 Å². The molecule has 0 aliphatic heterocycles. The van der Waals surface area contributed by atoms with Gasteiger partial charge in [0.15, 0.2) is 0 Å². The van der Waals surface area contributed by atoms with Crippen LogP contribution in [0.25, 0.3) is 11.1 Å². The highest BCUT2D eigenvalue weighted by Gasteiger charge is 2.26. The lowest BCUT2D eigenvalue weighted by atomic mass is 9.93. The van der Waals surface area contributed by atoms with Gasteiger partial charge in [0.1, 0.15) is 0 Å². The molecule has 2 aromatic heterocycles. The summed E-state index contributed by atoms with van der Waals surface area (Å²) in [5.41, 5.74) is 2.60. The summed E-state index contributed by atoms with van der Waals surface area (Å²) in [6.07, 6.45) is 3.17. The summed E-state index contributed by atoms with van der Waals surface area (Å²) in [5.74, 6) is -1.11. The average Bonchev–Trinajstić information content (AvgIpc) is 2.53. The number of pyridine rings is 2. The third kappa shape index (κ3) is 2.67. The lowest BCUT2D eigenvalue weighted by Gasteiger charge is -2.16. The SMILES string of the molecule is COC(=O)c1c(C)nc(C)c(C(=O)OC)c1-c1ccncc1. The van der Waals surface area contributed by atoms with Crippen molar-refractivity contribution < 1.29 is 19.1 Å². The van der Waals surface area contributed by atoms with Crippen molar-refractivity contribution in [2.75, 3.05) is 14.2 Å². The lowest BCUT2D eigenvalue weighted by Crippen LogP contribution is -2.16. The third-order valence-electron chi connectivity index (χ3n) is 3.31. The molecule has 2 heterocycles. The maximum Gasteiger partial charge on any atom is 0.340 e. The van der Waals surface area contributed by atoms with Gasteiger partial charge >= 0.3 is 11.9 Å². The predicted octanol–water partition coefficient (Wildman–Crippen LogP) is 2.33. The Bertz CT molecular complexity index is 686. The quantitative estimate of drug-likeness (QED) is 0.810. The van der Waals surface area contributed by atoms with Crippen molar-refractivity contribution in [3.63, 3.8) is 0 Å². The monoisotopic (exact) mass is 300 g/mol. The summed E-state index contributed by atoms with van der Waals surface area (Å²) < 4.78 is 9.68. The Kier molecular flexibility index (Phi) is 4.50. The van der Waals surface area contributed by atoms with Crippen LogP contribution in [0.15, 0.2) is 24.5 Å². The molecular formula is C16H16N2O4. The number of aryl methyl sites for hydroxylation is 2. The number of rotatable bonds is 3.